The molecule has 4 amide bonds. The van der Waals surface area contributed by atoms with Gasteiger partial charge in [-0.2, -0.15) is 0 Å². The summed E-state index contributed by atoms with van der Waals surface area (Å²) in [6, 6.07) is 10.2. The molecule has 1 aliphatic carbocycles. The van der Waals surface area contributed by atoms with Crippen LogP contribution in [0.25, 0.3) is 10.8 Å². The fraction of sp³-hybridized carbons (Fsp3) is 0.556. The number of ether oxygens (including phenoxy) is 1. The number of carboxylic acids is 2. The van der Waals surface area contributed by atoms with Gasteiger partial charge >= 0.3 is 18.0 Å². The lowest BCUT2D eigenvalue weighted by Crippen LogP contribution is -2.49. The largest absolute Gasteiger partial charge is 0.481 e. The number of carbonyl (C=O) groups is 6. The smallest absolute Gasteiger partial charge is 0.326 e. The molecule has 3 atom stereocenters. The molecule has 50 heavy (non-hydrogen) atoms. The lowest BCUT2D eigenvalue weighted by molar-refractivity contribution is -0.141. The van der Waals surface area contributed by atoms with E-state index in [1.54, 1.807) is 0 Å². The van der Waals surface area contributed by atoms with Gasteiger partial charge in [0.1, 0.15) is 12.1 Å². The van der Waals surface area contributed by atoms with E-state index < -0.39 is 42.7 Å². The van der Waals surface area contributed by atoms with E-state index in [2.05, 4.69) is 47.4 Å². The summed E-state index contributed by atoms with van der Waals surface area (Å²) < 4.78 is 4.92. The molecule has 0 aliphatic heterocycles. The third-order valence-electron chi connectivity index (χ3n) is 8.75. The number of amides is 4. The summed E-state index contributed by atoms with van der Waals surface area (Å²) in [4.78, 5) is 72.6. The maximum Gasteiger partial charge on any atom is 0.326 e. The molecule has 2 aromatic carbocycles. The van der Waals surface area contributed by atoms with E-state index >= 15 is 0 Å². The van der Waals surface area contributed by atoms with Gasteiger partial charge in [-0.05, 0) is 101 Å². The number of fused-ring (bicyclic) bond motifs is 1. The first-order valence-corrected chi connectivity index (χ1v) is 17.2. The Morgan fingerprint density at radius 1 is 0.900 bits per heavy atom. The fourth-order valence-electron chi connectivity index (χ4n) is 5.91. The Morgan fingerprint density at radius 2 is 1.60 bits per heavy atom. The Labute approximate surface area is 292 Å². The van der Waals surface area contributed by atoms with Crippen molar-refractivity contribution >= 4 is 47.0 Å². The predicted molar refractivity (Wildman–Crippen MR) is 186 cm³/mol. The molecule has 274 valence electrons. The topological polar surface area (TPSA) is 212 Å². The summed E-state index contributed by atoms with van der Waals surface area (Å²) >= 11 is 0. The van der Waals surface area contributed by atoms with E-state index in [-0.39, 0.29) is 49.1 Å². The molecule has 14 nitrogen and oxygen atoms in total. The molecule has 0 radical (unpaired) electrons. The van der Waals surface area contributed by atoms with Crippen LogP contribution in [0.5, 0.6) is 0 Å². The highest BCUT2D eigenvalue weighted by molar-refractivity contribution is 5.91. The first kappa shape index (κ1) is 39.7. The number of nitrogens with one attached hydrogen (secondary N) is 5. The number of hydrogen-bond acceptors (Lipinski definition) is 8. The first-order chi connectivity index (χ1) is 23.8. The normalized spacial score (nSPS) is 17.8. The average Bonchev–Trinajstić information content (AvgIpc) is 3.07. The van der Waals surface area contributed by atoms with Crippen molar-refractivity contribution in [2.75, 3.05) is 13.1 Å². The molecule has 7 N–H and O–H groups in total. The van der Waals surface area contributed by atoms with Gasteiger partial charge in [0, 0.05) is 30.8 Å². The molecule has 1 fully saturated rings. The molecule has 1 aliphatic rings. The molecule has 0 saturated heterocycles. The van der Waals surface area contributed by atoms with E-state index in [4.69, 9.17) is 9.84 Å². The van der Waals surface area contributed by atoms with Crippen LogP contribution in [0.4, 0.5) is 4.79 Å². The van der Waals surface area contributed by atoms with Crippen LogP contribution in [0.3, 0.4) is 0 Å². The van der Waals surface area contributed by atoms with Crippen molar-refractivity contribution < 1.29 is 43.7 Å². The molecule has 0 spiro atoms. The molecule has 0 heterocycles. The van der Waals surface area contributed by atoms with Crippen LogP contribution >= 0.6 is 0 Å². The number of benzene rings is 2. The van der Waals surface area contributed by atoms with Crippen molar-refractivity contribution in [3.63, 3.8) is 0 Å². The lowest BCUT2D eigenvalue weighted by atomic mass is 9.81. The Kier molecular flexibility index (Phi) is 15.5. The first-order valence-electron chi connectivity index (χ1n) is 17.2. The van der Waals surface area contributed by atoms with E-state index in [1.165, 1.54) is 0 Å². The molecule has 14 heteroatoms. The Hall–Kier alpha value is -4.72. The van der Waals surface area contributed by atoms with Gasteiger partial charge in [0.2, 0.25) is 11.8 Å². The summed E-state index contributed by atoms with van der Waals surface area (Å²) in [7, 11) is 0. The Balaban J connectivity index is 1.56. The van der Waals surface area contributed by atoms with E-state index in [0.717, 1.165) is 43.0 Å². The van der Waals surface area contributed by atoms with E-state index in [1.807, 2.05) is 42.5 Å². The molecule has 0 bridgehead atoms. The summed E-state index contributed by atoms with van der Waals surface area (Å²) in [5.74, 6) is -2.80. The zero-order valence-electron chi connectivity index (χ0n) is 29.0. The maximum atomic E-state index is 13.6. The van der Waals surface area contributed by atoms with Crippen LogP contribution in [0.15, 0.2) is 42.5 Å². The molecule has 0 unspecified atom stereocenters. The van der Waals surface area contributed by atoms with Gasteiger partial charge in [-0.15, -0.1) is 0 Å². The van der Waals surface area contributed by atoms with Crippen molar-refractivity contribution in [3.05, 3.63) is 48.0 Å². The Bertz CT molecular complexity index is 1470. The average molecular weight is 698 g/mol. The van der Waals surface area contributed by atoms with Crippen molar-refractivity contribution in [1.82, 2.24) is 26.6 Å². The van der Waals surface area contributed by atoms with Gasteiger partial charge in [-0.25, -0.2) is 9.59 Å². The van der Waals surface area contributed by atoms with Crippen molar-refractivity contribution in [2.24, 2.45) is 11.8 Å². The molecule has 1 saturated carbocycles. The van der Waals surface area contributed by atoms with Crippen LogP contribution in [0.1, 0.15) is 90.2 Å². The zero-order valence-corrected chi connectivity index (χ0v) is 29.0. The van der Waals surface area contributed by atoms with Crippen molar-refractivity contribution in [2.45, 2.75) is 102 Å². The van der Waals surface area contributed by atoms with Crippen molar-refractivity contribution in [1.29, 1.82) is 0 Å². The fourth-order valence-corrected chi connectivity index (χ4v) is 5.91. The van der Waals surface area contributed by atoms with Crippen LogP contribution < -0.4 is 26.6 Å². The van der Waals surface area contributed by atoms with Gasteiger partial charge in [0.25, 0.3) is 6.47 Å². The molecule has 3 rings (SSSR count). The monoisotopic (exact) mass is 697 g/mol. The minimum Gasteiger partial charge on any atom is -0.481 e. The summed E-state index contributed by atoms with van der Waals surface area (Å²) in [6.45, 7) is 7.70. The lowest BCUT2D eigenvalue weighted by Gasteiger charge is -2.31. The number of rotatable bonds is 19. The van der Waals surface area contributed by atoms with E-state index in [9.17, 15) is 33.9 Å². The number of hydrogen-bond donors (Lipinski definition) is 7. The van der Waals surface area contributed by atoms with Crippen LogP contribution in [-0.2, 0) is 28.7 Å². The van der Waals surface area contributed by atoms with Gasteiger partial charge in [-0.3, -0.25) is 19.2 Å². The van der Waals surface area contributed by atoms with Gasteiger partial charge in [-0.1, -0.05) is 36.4 Å². The minimum atomic E-state index is -1.44. The third-order valence-corrected chi connectivity index (χ3v) is 8.75. The zero-order chi connectivity index (χ0) is 36.7. The molecule has 2 aromatic rings. The highest BCUT2D eigenvalue weighted by Gasteiger charge is 2.31. The number of unbranched alkanes of at least 4 members (excludes halogenated alkanes) is 1. The van der Waals surface area contributed by atoms with Gasteiger partial charge in [0.05, 0.1) is 0 Å². The van der Waals surface area contributed by atoms with Gasteiger partial charge in [0.15, 0.2) is 6.23 Å². The van der Waals surface area contributed by atoms with Gasteiger partial charge < -0.3 is 41.5 Å². The second kappa shape index (κ2) is 19.5. The second-order valence-electron chi connectivity index (χ2n) is 13.8. The number of carboxylic acid groups (broad SMARTS) is 2. The number of carbonyl (C=O) groups excluding carboxylic acids is 4. The highest BCUT2D eigenvalue weighted by atomic mass is 16.5. The van der Waals surface area contributed by atoms with Crippen LogP contribution in [0.2, 0.25) is 0 Å². The standard InChI is InChI=1S/C36H51N5O9/c1-36(2,3)38-21-23-11-13-25(14-12-23)32(45)41-31(27-16-15-24-8-4-5-9-26(24)20-27)33(46)37-19-7-6-10-29(50-22-42)40-35(49)39-28(34(47)48)17-18-30(43)44/h4-5,8-9,15-16,20,22-23,25,28-29,31,38H,6-7,10-14,17-19,21H2,1-3H3,(H,37,46)(H,41,45)(H,43,44)(H,47,48)(H2,39,40,49)/t23?,25?,28-,29+,31-/m0/s1. The number of urea groups is 1. The summed E-state index contributed by atoms with van der Waals surface area (Å²) in [5.41, 5.74) is 0.696. The molecular weight excluding hydrogens is 646 g/mol. The maximum absolute atomic E-state index is 13.6. The second-order valence-corrected chi connectivity index (χ2v) is 13.8. The third kappa shape index (κ3) is 13.7. The Morgan fingerprint density at radius 3 is 2.24 bits per heavy atom. The van der Waals surface area contributed by atoms with Crippen molar-refractivity contribution in [3.8, 4) is 0 Å². The number of aliphatic carboxylic acids is 2. The summed E-state index contributed by atoms with van der Waals surface area (Å²) in [5, 5.41) is 34.0. The minimum absolute atomic E-state index is 0.0338. The van der Waals surface area contributed by atoms with Crippen LogP contribution in [0, 0.1) is 11.8 Å². The molecule has 0 aromatic heterocycles. The quantitative estimate of drug-likeness (QED) is 0.0644. The van der Waals surface area contributed by atoms with Crippen LogP contribution in [-0.4, -0.2) is 77.4 Å². The summed E-state index contributed by atoms with van der Waals surface area (Å²) in [6.07, 6.45) is 2.51. The predicted octanol–water partition coefficient (Wildman–Crippen LogP) is 3.59. The molecular formula is C36H51N5O9. The highest BCUT2D eigenvalue weighted by Crippen LogP contribution is 2.30. The van der Waals surface area contributed by atoms with E-state index in [0.29, 0.717) is 24.3 Å². The SMILES string of the molecule is CC(C)(C)NCC1CCC(C(=O)N[C@H](C(=O)NCCCC[C@H](NC(=O)N[C@@H](CCC(=O)O)C(=O)O)OC=O)c2ccc3ccccc3c2)CC1.